The lowest BCUT2D eigenvalue weighted by molar-refractivity contribution is 0.584. The molecule has 0 spiro atoms. The smallest absolute Gasteiger partial charge is 0.248 e. The van der Waals surface area contributed by atoms with Gasteiger partial charge in [-0.25, -0.2) is 0 Å². The number of benzene rings is 10. The molecular weight excluding hydrogens is 861 g/mol. The molecule has 8 heteroatoms. The third-order valence-corrected chi connectivity index (χ3v) is 13.4. The molecule has 4 heterocycles. The van der Waals surface area contributed by atoms with E-state index in [2.05, 4.69) is 224 Å². The number of rotatable bonds is 8. The van der Waals surface area contributed by atoms with Crippen LogP contribution in [0, 0.1) is 0 Å². The van der Waals surface area contributed by atoms with Gasteiger partial charge in [0.2, 0.25) is 23.6 Å². The van der Waals surface area contributed by atoms with E-state index in [1.165, 1.54) is 43.6 Å². The predicted octanol–water partition coefficient (Wildman–Crippen LogP) is 15.8. The molecule has 70 heavy (non-hydrogen) atoms. The lowest BCUT2D eigenvalue weighted by atomic mass is 10.0. The Morgan fingerprint density at radius 3 is 0.957 bits per heavy atom. The highest BCUT2D eigenvalue weighted by atomic mass is 16.4. The fourth-order valence-corrected chi connectivity index (χ4v) is 10.0. The Morgan fingerprint density at radius 2 is 0.586 bits per heavy atom. The molecule has 0 fully saturated rings. The quantitative estimate of drug-likeness (QED) is 0.141. The topological polar surface area (TPSA) is 87.7 Å². The van der Waals surface area contributed by atoms with Gasteiger partial charge in [0.05, 0.1) is 22.1 Å². The van der Waals surface area contributed by atoms with Crippen LogP contribution < -0.4 is 0 Å². The summed E-state index contributed by atoms with van der Waals surface area (Å²) in [5.74, 6) is 1.93. The Morgan fingerprint density at radius 1 is 0.286 bits per heavy atom. The van der Waals surface area contributed by atoms with Gasteiger partial charge >= 0.3 is 0 Å². The van der Waals surface area contributed by atoms with Crippen LogP contribution in [0.25, 0.3) is 135 Å². The minimum absolute atomic E-state index is 0.481. The lowest BCUT2D eigenvalue weighted by Gasteiger charge is -2.08. The molecular formula is C62H38N6O2. The van der Waals surface area contributed by atoms with E-state index in [1.807, 2.05) is 36.4 Å². The summed E-state index contributed by atoms with van der Waals surface area (Å²) in [6.45, 7) is 0. The molecule has 0 bridgehead atoms. The van der Waals surface area contributed by atoms with Crippen molar-refractivity contribution in [3.8, 4) is 57.2 Å². The van der Waals surface area contributed by atoms with E-state index in [4.69, 9.17) is 8.83 Å². The van der Waals surface area contributed by atoms with Gasteiger partial charge < -0.3 is 18.0 Å². The van der Waals surface area contributed by atoms with Gasteiger partial charge in [-0.3, -0.25) is 0 Å². The Balaban J connectivity index is 0.656. The molecule has 0 saturated carbocycles. The molecule has 0 atom stereocenters. The largest absolute Gasteiger partial charge is 0.416 e. The molecule has 0 aliphatic heterocycles. The maximum Gasteiger partial charge on any atom is 0.248 e. The second-order valence-corrected chi connectivity index (χ2v) is 17.6. The van der Waals surface area contributed by atoms with Crippen LogP contribution in [-0.4, -0.2) is 29.5 Å². The van der Waals surface area contributed by atoms with Crippen LogP contribution in [0.5, 0.6) is 0 Å². The Labute approximate surface area is 400 Å². The van der Waals surface area contributed by atoms with E-state index in [0.29, 0.717) is 23.6 Å². The summed E-state index contributed by atoms with van der Waals surface area (Å²) in [7, 11) is 0. The molecule has 0 aliphatic carbocycles. The van der Waals surface area contributed by atoms with Crippen molar-refractivity contribution in [3.05, 3.63) is 230 Å². The number of hydrogen-bond donors (Lipinski definition) is 0. The second-order valence-electron chi connectivity index (χ2n) is 17.6. The van der Waals surface area contributed by atoms with Gasteiger partial charge in [-0.15, -0.1) is 20.4 Å². The summed E-state index contributed by atoms with van der Waals surface area (Å²) in [6.07, 6.45) is 4.30. The van der Waals surface area contributed by atoms with E-state index in [0.717, 1.165) is 66.3 Å². The molecule has 0 aliphatic rings. The van der Waals surface area contributed by atoms with Gasteiger partial charge in [0.15, 0.2) is 0 Å². The van der Waals surface area contributed by atoms with Gasteiger partial charge in [-0.05, 0) is 142 Å². The monoisotopic (exact) mass is 898 g/mol. The van der Waals surface area contributed by atoms with E-state index in [-0.39, 0.29) is 0 Å². The molecule has 328 valence electrons. The number of hydrogen-bond acceptors (Lipinski definition) is 6. The number of fused-ring (bicyclic) bond motifs is 8. The maximum atomic E-state index is 6.24. The average Bonchev–Trinajstić information content (AvgIpc) is 4.25. The minimum atomic E-state index is 0.481. The second kappa shape index (κ2) is 16.0. The summed E-state index contributed by atoms with van der Waals surface area (Å²) < 4.78 is 17.1. The van der Waals surface area contributed by atoms with Gasteiger partial charge in [0, 0.05) is 55.2 Å². The van der Waals surface area contributed by atoms with Gasteiger partial charge in [-0.2, -0.15) is 0 Å². The van der Waals surface area contributed by atoms with Crippen molar-refractivity contribution in [2.75, 3.05) is 0 Å². The summed E-state index contributed by atoms with van der Waals surface area (Å²) >= 11 is 0. The molecule has 8 nitrogen and oxygen atoms in total. The summed E-state index contributed by atoms with van der Waals surface area (Å²) in [4.78, 5) is 0. The van der Waals surface area contributed by atoms with Gasteiger partial charge in [0.1, 0.15) is 0 Å². The number of nitrogens with zero attached hydrogens (tertiary/aromatic N) is 6. The normalized spacial score (nSPS) is 11.9. The van der Waals surface area contributed by atoms with Crippen molar-refractivity contribution >= 4 is 77.3 Å². The first-order valence-electron chi connectivity index (χ1n) is 23.3. The van der Waals surface area contributed by atoms with E-state index < -0.39 is 0 Å². The third-order valence-electron chi connectivity index (χ3n) is 13.4. The molecule has 4 aromatic heterocycles. The maximum absolute atomic E-state index is 6.24. The predicted molar refractivity (Wildman–Crippen MR) is 283 cm³/mol. The van der Waals surface area contributed by atoms with Crippen LogP contribution in [0.4, 0.5) is 0 Å². The number of para-hydroxylation sites is 4. The molecule has 10 aromatic carbocycles. The van der Waals surface area contributed by atoms with E-state index in [1.54, 1.807) is 0 Å². The van der Waals surface area contributed by atoms with Crippen molar-refractivity contribution in [1.29, 1.82) is 0 Å². The van der Waals surface area contributed by atoms with Crippen LogP contribution in [0.1, 0.15) is 11.1 Å². The van der Waals surface area contributed by atoms with Crippen LogP contribution in [0.15, 0.2) is 227 Å². The van der Waals surface area contributed by atoms with Crippen molar-refractivity contribution in [1.82, 2.24) is 29.5 Å². The van der Waals surface area contributed by atoms with Crippen LogP contribution in [-0.2, 0) is 0 Å². The van der Waals surface area contributed by atoms with Crippen LogP contribution >= 0.6 is 0 Å². The van der Waals surface area contributed by atoms with Crippen molar-refractivity contribution in [3.63, 3.8) is 0 Å². The standard InChI is InChI=1S/C62H38N6O2/c1-5-13-55-51(9-1)52-10-2-6-14-56(52)67(55)49-31-27-41(28-32-49)59-63-65-61(69-59)47-25-23-43-35-39(19-21-45(43)37-47)17-18-40-20-22-46-38-48(26-24-44(46)36-40)62-66-64-60(70-62)42-29-33-50(34-30-42)68-57-15-7-3-11-53(57)54-12-4-8-16-58(54)68/h1-38H. The minimum Gasteiger partial charge on any atom is -0.416 e. The Hall–Kier alpha value is -9.66. The molecule has 0 N–H and O–H groups in total. The number of aromatic nitrogens is 6. The Kier molecular flexibility index (Phi) is 9.03. The summed E-state index contributed by atoms with van der Waals surface area (Å²) in [6, 6.07) is 76.1. The summed E-state index contributed by atoms with van der Waals surface area (Å²) in [5.41, 5.74) is 12.5. The van der Waals surface area contributed by atoms with Crippen molar-refractivity contribution in [2.45, 2.75) is 0 Å². The van der Waals surface area contributed by atoms with Crippen molar-refractivity contribution in [2.24, 2.45) is 0 Å². The van der Waals surface area contributed by atoms with Crippen molar-refractivity contribution < 1.29 is 8.83 Å². The average molecular weight is 899 g/mol. The zero-order valence-corrected chi connectivity index (χ0v) is 37.4. The van der Waals surface area contributed by atoms with Crippen LogP contribution in [0.3, 0.4) is 0 Å². The highest BCUT2D eigenvalue weighted by Gasteiger charge is 2.17. The third kappa shape index (κ3) is 6.69. The Bertz CT molecular complexity index is 3980. The summed E-state index contributed by atoms with van der Waals surface area (Å²) in [5, 5.41) is 27.1. The van der Waals surface area contributed by atoms with Gasteiger partial charge in [-0.1, -0.05) is 121 Å². The first-order chi connectivity index (χ1) is 34.6. The fraction of sp³-hybridized carbons (Fsp3) is 0. The zero-order chi connectivity index (χ0) is 46.1. The van der Waals surface area contributed by atoms with Gasteiger partial charge in [0.25, 0.3) is 0 Å². The van der Waals surface area contributed by atoms with Crippen LogP contribution in [0.2, 0.25) is 0 Å². The molecule has 0 saturated heterocycles. The molecule has 0 unspecified atom stereocenters. The molecule has 0 amide bonds. The SMILES string of the molecule is C(=Cc1ccc2cc(-c3nnc(-c4ccc(-n5c6ccccc6c6ccccc65)cc4)o3)ccc2c1)c1ccc2cc(-c3nnc(-c4ccc(-n5c6ccccc6c6ccccc65)cc4)o3)ccc2c1. The highest BCUT2D eigenvalue weighted by Crippen LogP contribution is 2.36. The molecule has 14 aromatic rings. The van der Waals surface area contributed by atoms with E-state index >= 15 is 0 Å². The first kappa shape index (κ1) is 39.5. The lowest BCUT2D eigenvalue weighted by Crippen LogP contribution is -1.93. The molecule has 14 rings (SSSR count). The van der Waals surface area contributed by atoms with E-state index in [9.17, 15) is 0 Å². The fourth-order valence-electron chi connectivity index (χ4n) is 10.0. The molecule has 0 radical (unpaired) electrons. The first-order valence-corrected chi connectivity index (χ1v) is 23.3. The highest BCUT2D eigenvalue weighted by molar-refractivity contribution is 6.10. The zero-order valence-electron chi connectivity index (χ0n) is 37.4.